The Labute approximate surface area is 194 Å². The first-order chi connectivity index (χ1) is 16.1. The van der Waals surface area contributed by atoms with Crippen LogP contribution in [0.2, 0.25) is 0 Å². The van der Waals surface area contributed by atoms with Gasteiger partial charge in [-0.25, -0.2) is 4.68 Å². The number of hydrogen-bond donors (Lipinski definition) is 1. The summed E-state index contributed by atoms with van der Waals surface area (Å²) in [5.74, 6) is 2.29. The minimum absolute atomic E-state index is 0.0755. The van der Waals surface area contributed by atoms with Gasteiger partial charge in [0.2, 0.25) is 0 Å². The van der Waals surface area contributed by atoms with Crippen molar-refractivity contribution in [2.24, 2.45) is 5.92 Å². The van der Waals surface area contributed by atoms with Gasteiger partial charge in [0.1, 0.15) is 11.8 Å². The number of fused-ring (bicyclic) bond motifs is 1. The molecule has 176 valence electrons. The third-order valence-corrected chi connectivity index (χ3v) is 7.32. The molecule has 1 saturated carbocycles. The molecule has 1 aliphatic heterocycles. The van der Waals surface area contributed by atoms with Gasteiger partial charge in [0.15, 0.2) is 5.82 Å². The van der Waals surface area contributed by atoms with Crippen LogP contribution in [0.25, 0.3) is 10.9 Å². The Morgan fingerprint density at radius 2 is 1.91 bits per heavy atom. The van der Waals surface area contributed by atoms with Crippen LogP contribution >= 0.6 is 0 Å². The van der Waals surface area contributed by atoms with Crippen molar-refractivity contribution in [1.29, 1.82) is 0 Å². The summed E-state index contributed by atoms with van der Waals surface area (Å²) in [6.45, 7) is 6.74. The van der Waals surface area contributed by atoms with Crippen molar-refractivity contribution < 1.29 is 4.74 Å². The highest BCUT2D eigenvalue weighted by Crippen LogP contribution is 2.35. The third-order valence-electron chi connectivity index (χ3n) is 7.32. The van der Waals surface area contributed by atoms with Crippen LogP contribution in [0.15, 0.2) is 29.1 Å². The largest absolute Gasteiger partial charge is 0.494 e. The molecular weight excluding hydrogens is 416 g/mol. The van der Waals surface area contributed by atoms with Crippen LogP contribution in [0.1, 0.15) is 82.3 Å². The van der Waals surface area contributed by atoms with Gasteiger partial charge in [0.25, 0.3) is 5.56 Å². The van der Waals surface area contributed by atoms with E-state index in [1.165, 1.54) is 19.3 Å². The predicted molar refractivity (Wildman–Crippen MR) is 127 cm³/mol. The molecule has 8 nitrogen and oxygen atoms in total. The lowest BCUT2D eigenvalue weighted by atomic mass is 9.93. The van der Waals surface area contributed by atoms with Crippen molar-refractivity contribution >= 4 is 10.9 Å². The van der Waals surface area contributed by atoms with Gasteiger partial charge >= 0.3 is 0 Å². The zero-order valence-electron chi connectivity index (χ0n) is 19.7. The van der Waals surface area contributed by atoms with Crippen LogP contribution < -0.4 is 10.3 Å². The summed E-state index contributed by atoms with van der Waals surface area (Å²) in [5, 5.41) is 14.0. The number of ether oxygens (including phenoxy) is 1. The lowest BCUT2D eigenvalue weighted by Crippen LogP contribution is -2.40. The fraction of sp³-hybridized carbons (Fsp3) is 0.600. The van der Waals surface area contributed by atoms with E-state index < -0.39 is 0 Å². The number of H-pyrrole nitrogens is 1. The first-order valence-corrected chi connectivity index (χ1v) is 12.5. The third kappa shape index (κ3) is 4.53. The molecule has 2 aliphatic rings. The summed E-state index contributed by atoms with van der Waals surface area (Å²) in [4.78, 5) is 18.9. The first-order valence-electron chi connectivity index (χ1n) is 12.5. The number of likely N-dealkylation sites (tertiary alicyclic amines) is 1. The highest BCUT2D eigenvalue weighted by Gasteiger charge is 2.34. The average Bonchev–Trinajstić information content (AvgIpc) is 3.31. The lowest BCUT2D eigenvalue weighted by Gasteiger charge is -2.36. The number of aromatic amines is 1. The number of nitrogens with one attached hydrogen (secondary N) is 1. The van der Waals surface area contributed by atoms with Crippen molar-refractivity contribution in [3.05, 3.63) is 46.0 Å². The van der Waals surface area contributed by atoms with Gasteiger partial charge in [0.05, 0.1) is 12.6 Å². The number of piperidine rings is 1. The maximum absolute atomic E-state index is 13.4. The fourth-order valence-corrected chi connectivity index (χ4v) is 5.41. The van der Waals surface area contributed by atoms with Crippen LogP contribution in [-0.2, 0) is 0 Å². The Morgan fingerprint density at radius 3 is 2.67 bits per heavy atom. The highest BCUT2D eigenvalue weighted by molar-refractivity contribution is 5.80. The summed E-state index contributed by atoms with van der Waals surface area (Å²) in [5.41, 5.74) is 1.44. The molecule has 0 amide bonds. The molecule has 0 spiro atoms. The Morgan fingerprint density at radius 1 is 1.12 bits per heavy atom. The number of benzene rings is 1. The number of pyridine rings is 1. The van der Waals surface area contributed by atoms with E-state index in [9.17, 15) is 4.79 Å². The summed E-state index contributed by atoms with van der Waals surface area (Å²) in [6, 6.07) is 7.86. The van der Waals surface area contributed by atoms with E-state index in [2.05, 4.69) is 32.3 Å². The van der Waals surface area contributed by atoms with Crippen molar-refractivity contribution in [2.75, 3.05) is 19.7 Å². The minimum Gasteiger partial charge on any atom is -0.494 e. The lowest BCUT2D eigenvalue weighted by molar-refractivity contribution is 0.146. The van der Waals surface area contributed by atoms with Gasteiger partial charge in [-0.05, 0) is 86.3 Å². The zero-order chi connectivity index (χ0) is 22.8. The second-order valence-corrected chi connectivity index (χ2v) is 9.63. The Kier molecular flexibility index (Phi) is 6.44. The monoisotopic (exact) mass is 450 g/mol. The Balaban J connectivity index is 1.61. The van der Waals surface area contributed by atoms with Crippen molar-refractivity contribution in [1.82, 2.24) is 30.1 Å². The fourth-order valence-electron chi connectivity index (χ4n) is 5.41. The van der Waals surface area contributed by atoms with Crippen molar-refractivity contribution in [3.8, 4) is 5.75 Å². The van der Waals surface area contributed by atoms with Crippen molar-refractivity contribution in [3.63, 3.8) is 0 Å². The normalized spacial score (nSPS) is 19.7. The molecule has 8 heteroatoms. The van der Waals surface area contributed by atoms with Gasteiger partial charge in [-0.2, -0.15) is 0 Å². The molecule has 2 aromatic heterocycles. The quantitative estimate of drug-likeness (QED) is 0.604. The molecule has 3 heterocycles. The van der Waals surface area contributed by atoms with Gasteiger partial charge in [0, 0.05) is 16.5 Å². The predicted octanol–water partition coefficient (Wildman–Crippen LogP) is 4.24. The summed E-state index contributed by atoms with van der Waals surface area (Å²) < 4.78 is 7.72. The summed E-state index contributed by atoms with van der Waals surface area (Å²) >= 11 is 0. The first kappa shape index (κ1) is 22.1. The molecule has 1 aromatic carbocycles. The molecule has 1 saturated heterocycles. The van der Waals surface area contributed by atoms with Gasteiger partial charge in [-0.15, -0.1) is 5.10 Å². The van der Waals surface area contributed by atoms with E-state index >= 15 is 0 Å². The van der Waals surface area contributed by atoms with E-state index in [1.807, 2.05) is 35.9 Å². The summed E-state index contributed by atoms with van der Waals surface area (Å²) in [6.07, 6.45) is 8.08. The number of tetrazole rings is 1. The Bertz CT molecular complexity index is 1140. The van der Waals surface area contributed by atoms with E-state index in [1.54, 1.807) is 0 Å². The second-order valence-electron chi connectivity index (χ2n) is 9.63. The van der Waals surface area contributed by atoms with E-state index in [-0.39, 0.29) is 11.6 Å². The molecule has 1 N–H and O–H groups in total. The molecule has 33 heavy (non-hydrogen) atoms. The molecule has 0 radical (unpaired) electrons. The number of hydrogen-bond acceptors (Lipinski definition) is 6. The number of rotatable bonds is 6. The van der Waals surface area contributed by atoms with Crippen molar-refractivity contribution in [2.45, 2.75) is 70.9 Å². The molecule has 3 aromatic rings. The zero-order valence-corrected chi connectivity index (χ0v) is 19.7. The molecule has 5 rings (SSSR count). The molecular formula is C25H34N6O2. The second kappa shape index (κ2) is 9.63. The smallest absolute Gasteiger partial charge is 0.253 e. The van der Waals surface area contributed by atoms with E-state index in [0.29, 0.717) is 24.1 Å². The molecule has 0 bridgehead atoms. The number of aromatic nitrogens is 5. The van der Waals surface area contributed by atoms with E-state index in [4.69, 9.17) is 4.74 Å². The molecule has 1 atom stereocenters. The molecule has 1 unspecified atom stereocenters. The standard InChI is InChI=1S/C25H34N6O2/c1-3-33-20-9-10-22-18(15-20)16-21(25(32)26-22)23(30-13-11-17(2)12-14-30)24-27-28-29-31(24)19-7-5-4-6-8-19/h9-10,15-17,19,23H,3-8,11-14H2,1-2H3,(H,26,32). The van der Waals surface area contributed by atoms with E-state index in [0.717, 1.165) is 61.2 Å². The van der Waals surface area contributed by atoms with Crippen LogP contribution in [0.3, 0.4) is 0 Å². The van der Waals surface area contributed by atoms with Gasteiger partial charge < -0.3 is 9.72 Å². The highest BCUT2D eigenvalue weighted by atomic mass is 16.5. The van der Waals surface area contributed by atoms with Gasteiger partial charge in [-0.1, -0.05) is 26.2 Å². The van der Waals surface area contributed by atoms with Crippen LogP contribution in [0.4, 0.5) is 0 Å². The summed E-state index contributed by atoms with van der Waals surface area (Å²) in [7, 11) is 0. The molecule has 2 fully saturated rings. The van der Waals surface area contributed by atoms with Crippen LogP contribution in [0.5, 0.6) is 5.75 Å². The maximum Gasteiger partial charge on any atom is 0.253 e. The molecule has 1 aliphatic carbocycles. The maximum atomic E-state index is 13.4. The minimum atomic E-state index is -0.265. The average molecular weight is 451 g/mol. The topological polar surface area (TPSA) is 88.9 Å². The van der Waals surface area contributed by atoms with Gasteiger partial charge in [-0.3, -0.25) is 9.69 Å². The van der Waals surface area contributed by atoms with Crippen LogP contribution in [-0.4, -0.2) is 49.8 Å². The van der Waals surface area contributed by atoms with Crippen LogP contribution in [0, 0.1) is 5.92 Å². The SMILES string of the molecule is CCOc1ccc2[nH]c(=O)c(C(c3nnnn3C3CCCCC3)N3CCC(C)CC3)cc2c1. The Hall–Kier alpha value is -2.74. The number of nitrogens with zero attached hydrogens (tertiary/aromatic N) is 5.